The normalized spacial score (nSPS) is 20.6. The summed E-state index contributed by atoms with van der Waals surface area (Å²) >= 11 is 0. The number of pyridine rings is 1. The summed E-state index contributed by atoms with van der Waals surface area (Å²) in [5, 5.41) is 24.0. The second-order valence-electron chi connectivity index (χ2n) is 8.35. The first-order valence-electron chi connectivity index (χ1n) is 10.6. The number of anilines is 1. The fraction of sp³-hybridized carbons (Fsp3) is 0.333. The van der Waals surface area contributed by atoms with Gasteiger partial charge in [-0.15, -0.1) is 0 Å². The third-order valence-electron chi connectivity index (χ3n) is 6.27. The lowest BCUT2D eigenvalue weighted by atomic mass is 10.1. The first-order chi connectivity index (χ1) is 15.8. The monoisotopic (exact) mass is 457 g/mol. The number of hydrogen-bond acceptors (Lipinski definition) is 6. The quantitative estimate of drug-likeness (QED) is 0.481. The van der Waals surface area contributed by atoms with E-state index in [9.17, 15) is 23.8 Å². The van der Waals surface area contributed by atoms with Crippen LogP contribution < -0.4 is 5.32 Å². The number of benzene rings is 2. The number of carbonyl (C=O) groups is 1. The minimum Gasteiger partial charge on any atom is -0.447 e. The minimum atomic E-state index is -1.03. The Balaban J connectivity index is 1.44. The second kappa shape index (κ2) is 9.38. The molecule has 1 fully saturated rings. The molecule has 1 aliphatic carbocycles. The predicted molar refractivity (Wildman–Crippen MR) is 118 cm³/mol. The van der Waals surface area contributed by atoms with Crippen molar-refractivity contribution in [3.63, 3.8) is 0 Å². The van der Waals surface area contributed by atoms with Gasteiger partial charge in [-0.25, -0.2) is 18.6 Å². The Morgan fingerprint density at radius 2 is 2.03 bits per heavy atom. The Labute approximate surface area is 189 Å². The van der Waals surface area contributed by atoms with Gasteiger partial charge in [0.1, 0.15) is 12.4 Å². The first kappa shape index (κ1) is 23.0. The van der Waals surface area contributed by atoms with E-state index in [-0.39, 0.29) is 18.7 Å². The number of aromatic nitrogens is 1. The van der Waals surface area contributed by atoms with Gasteiger partial charge in [-0.3, -0.25) is 10.2 Å². The van der Waals surface area contributed by atoms with E-state index in [4.69, 9.17) is 4.74 Å². The maximum absolute atomic E-state index is 14.2. The van der Waals surface area contributed by atoms with Crippen LogP contribution in [0.4, 0.5) is 19.4 Å². The lowest BCUT2D eigenvalue weighted by Crippen LogP contribution is -2.43. The van der Waals surface area contributed by atoms with Crippen molar-refractivity contribution < 1.29 is 28.5 Å². The average Bonchev–Trinajstić information content (AvgIpc) is 3.56. The zero-order valence-electron chi connectivity index (χ0n) is 18.0. The van der Waals surface area contributed by atoms with Crippen molar-refractivity contribution in [2.75, 3.05) is 25.6 Å². The third-order valence-corrected chi connectivity index (χ3v) is 6.27. The molecule has 3 aromatic rings. The number of carbonyl (C=O) groups excluding carboxylic acids is 1. The molecule has 1 unspecified atom stereocenters. The molecule has 2 aromatic carbocycles. The van der Waals surface area contributed by atoms with Gasteiger partial charge < -0.3 is 14.9 Å². The molecule has 0 spiro atoms. The smallest absolute Gasteiger partial charge is 0.412 e. The number of ether oxygens (including phenoxy) is 1. The van der Waals surface area contributed by atoms with Crippen molar-refractivity contribution in [2.45, 2.75) is 24.6 Å². The Morgan fingerprint density at radius 1 is 1.27 bits per heavy atom. The highest BCUT2D eigenvalue weighted by molar-refractivity contribution is 5.89. The van der Waals surface area contributed by atoms with Crippen LogP contribution in [0, 0.1) is 17.6 Å². The number of halogens is 2. The van der Waals surface area contributed by atoms with E-state index in [1.165, 1.54) is 12.1 Å². The van der Waals surface area contributed by atoms with Crippen molar-refractivity contribution in [2.24, 2.45) is 5.92 Å². The molecule has 9 heteroatoms. The van der Waals surface area contributed by atoms with Gasteiger partial charge in [-0.05, 0) is 31.0 Å². The molecule has 1 amide bonds. The minimum absolute atomic E-state index is 0.0372. The van der Waals surface area contributed by atoms with Crippen molar-refractivity contribution in [1.29, 1.82) is 0 Å². The molecule has 7 nitrogen and oxygen atoms in total. The van der Waals surface area contributed by atoms with Gasteiger partial charge in [0.2, 0.25) is 0 Å². The van der Waals surface area contributed by atoms with E-state index in [0.717, 1.165) is 16.8 Å². The number of aliphatic hydroxyl groups is 2. The molecule has 0 radical (unpaired) electrons. The summed E-state index contributed by atoms with van der Waals surface area (Å²) in [5.41, 5.74) is -0.680. The van der Waals surface area contributed by atoms with Gasteiger partial charge in [0.15, 0.2) is 11.6 Å². The van der Waals surface area contributed by atoms with Crippen LogP contribution >= 0.6 is 0 Å². The van der Waals surface area contributed by atoms with Gasteiger partial charge in [0.25, 0.3) is 0 Å². The lowest BCUT2D eigenvalue weighted by Gasteiger charge is -2.30. The molecule has 174 valence electrons. The molecule has 1 heterocycles. The molecule has 33 heavy (non-hydrogen) atoms. The highest BCUT2D eigenvalue weighted by atomic mass is 19.2. The highest BCUT2D eigenvalue weighted by Crippen LogP contribution is 2.51. The van der Waals surface area contributed by atoms with Crippen LogP contribution in [0.1, 0.15) is 12.0 Å². The number of nitrogens with zero attached hydrogens (tertiary/aromatic N) is 2. The van der Waals surface area contributed by atoms with Crippen molar-refractivity contribution in [3.8, 4) is 0 Å². The predicted octanol–water partition coefficient (Wildman–Crippen LogP) is 3.31. The van der Waals surface area contributed by atoms with E-state index >= 15 is 0 Å². The molecule has 1 saturated carbocycles. The van der Waals surface area contributed by atoms with Crippen LogP contribution in [-0.4, -0.2) is 58.1 Å². The average molecular weight is 457 g/mol. The van der Waals surface area contributed by atoms with E-state index < -0.39 is 41.9 Å². The molecule has 0 saturated heterocycles. The van der Waals surface area contributed by atoms with Gasteiger partial charge in [0.05, 0.1) is 18.2 Å². The number of nitrogens with one attached hydrogen (secondary N) is 1. The SMILES string of the molecule is CN(Cc1cccc(F)c1F)C1(COC(=O)Nc2cc3ccccc3cn2)C[C@H]1[C@@H](O)CO. The first-order valence-corrected chi connectivity index (χ1v) is 10.6. The summed E-state index contributed by atoms with van der Waals surface area (Å²) < 4.78 is 33.2. The lowest BCUT2D eigenvalue weighted by molar-refractivity contribution is 0.0324. The summed E-state index contributed by atoms with van der Waals surface area (Å²) in [6.45, 7) is -0.529. The van der Waals surface area contributed by atoms with E-state index in [0.29, 0.717) is 12.2 Å². The zero-order valence-corrected chi connectivity index (χ0v) is 18.0. The maximum Gasteiger partial charge on any atom is 0.412 e. The van der Waals surface area contributed by atoms with E-state index in [2.05, 4.69) is 10.3 Å². The molecule has 1 aliphatic rings. The molecule has 1 aromatic heterocycles. The summed E-state index contributed by atoms with van der Waals surface area (Å²) in [6.07, 6.45) is 0.302. The molecule has 4 rings (SSSR count). The third kappa shape index (κ3) is 4.80. The molecular weight excluding hydrogens is 432 g/mol. The Hall–Kier alpha value is -3.14. The fourth-order valence-electron chi connectivity index (χ4n) is 4.22. The molecular formula is C24H25F2N3O4. The number of hydrogen-bond donors (Lipinski definition) is 3. The van der Waals surface area contributed by atoms with Crippen molar-refractivity contribution >= 4 is 22.7 Å². The van der Waals surface area contributed by atoms with Crippen LogP contribution in [-0.2, 0) is 11.3 Å². The number of rotatable bonds is 8. The van der Waals surface area contributed by atoms with Crippen LogP contribution in [0.3, 0.4) is 0 Å². The van der Waals surface area contributed by atoms with E-state index in [1.54, 1.807) is 24.2 Å². The van der Waals surface area contributed by atoms with Crippen LogP contribution in [0.5, 0.6) is 0 Å². The topological polar surface area (TPSA) is 94.9 Å². The number of amides is 1. The van der Waals surface area contributed by atoms with Crippen LogP contribution in [0.15, 0.2) is 54.7 Å². The highest BCUT2D eigenvalue weighted by Gasteiger charge is 2.60. The zero-order chi connectivity index (χ0) is 23.6. The van der Waals surface area contributed by atoms with Crippen LogP contribution in [0.25, 0.3) is 10.8 Å². The largest absolute Gasteiger partial charge is 0.447 e. The second-order valence-corrected chi connectivity index (χ2v) is 8.35. The summed E-state index contributed by atoms with van der Waals surface area (Å²) in [7, 11) is 1.68. The maximum atomic E-state index is 14.2. The summed E-state index contributed by atoms with van der Waals surface area (Å²) in [5.74, 6) is -1.96. The van der Waals surface area contributed by atoms with Crippen LogP contribution in [0.2, 0.25) is 0 Å². The summed E-state index contributed by atoms with van der Waals surface area (Å²) in [4.78, 5) is 18.4. The van der Waals surface area contributed by atoms with Gasteiger partial charge in [-0.2, -0.15) is 0 Å². The Morgan fingerprint density at radius 3 is 2.79 bits per heavy atom. The van der Waals surface area contributed by atoms with Gasteiger partial charge >= 0.3 is 6.09 Å². The molecule has 3 N–H and O–H groups in total. The van der Waals surface area contributed by atoms with Crippen molar-refractivity contribution in [3.05, 3.63) is 71.9 Å². The van der Waals surface area contributed by atoms with Gasteiger partial charge in [-0.1, -0.05) is 36.4 Å². The summed E-state index contributed by atoms with van der Waals surface area (Å²) in [6, 6.07) is 13.2. The fourth-order valence-corrected chi connectivity index (χ4v) is 4.22. The Kier molecular flexibility index (Phi) is 6.55. The molecule has 0 aliphatic heterocycles. The van der Waals surface area contributed by atoms with Crippen molar-refractivity contribution in [1.82, 2.24) is 9.88 Å². The number of aliphatic hydroxyl groups excluding tert-OH is 2. The Bertz CT molecular complexity index is 1160. The number of fused-ring (bicyclic) bond motifs is 1. The molecule has 3 atom stereocenters. The standard InChI is InChI=1S/C24H25F2N3O4/c1-29(12-17-7-4-8-19(25)22(17)26)24(10-18(24)20(31)13-30)14-33-23(32)28-21-9-15-5-2-3-6-16(15)11-27-21/h2-9,11,18,20,30-31H,10,12-14H2,1H3,(H,27,28,32)/t18-,20-,24?/m0/s1. The number of likely N-dealkylation sites (N-methyl/N-ethyl adjacent to an activating group) is 1. The molecule has 0 bridgehead atoms. The van der Waals surface area contributed by atoms with E-state index in [1.807, 2.05) is 24.3 Å². The van der Waals surface area contributed by atoms with Gasteiger partial charge in [0, 0.05) is 29.6 Å².